The van der Waals surface area contributed by atoms with Gasteiger partial charge in [-0.3, -0.25) is 0 Å². The molecule has 0 bridgehead atoms. The number of amides is 2. The first-order valence-electron chi connectivity index (χ1n) is 8.69. The van der Waals surface area contributed by atoms with Crippen LogP contribution in [-0.4, -0.2) is 11.0 Å². The zero-order valence-corrected chi connectivity index (χ0v) is 15.9. The largest absolute Gasteiger partial charge is 0.323 e. The van der Waals surface area contributed by atoms with Crippen molar-refractivity contribution in [1.29, 1.82) is 0 Å². The van der Waals surface area contributed by atoms with Gasteiger partial charge in [0.1, 0.15) is 5.01 Å². The number of rotatable bonds is 3. The summed E-state index contributed by atoms with van der Waals surface area (Å²) in [5, 5.41) is 6.73. The molecule has 3 aromatic carbocycles. The van der Waals surface area contributed by atoms with Gasteiger partial charge in [0.15, 0.2) is 0 Å². The molecule has 0 radical (unpaired) electrons. The van der Waals surface area contributed by atoms with Gasteiger partial charge in [-0.15, -0.1) is 11.3 Å². The zero-order valence-electron chi connectivity index (χ0n) is 15.1. The first-order valence-corrected chi connectivity index (χ1v) is 9.51. The number of benzene rings is 3. The van der Waals surface area contributed by atoms with E-state index in [0.717, 1.165) is 43.3 Å². The highest BCUT2D eigenvalue weighted by Gasteiger charge is 2.08. The Morgan fingerprint density at radius 3 is 2.37 bits per heavy atom. The molecule has 2 N–H and O–H groups in total. The van der Waals surface area contributed by atoms with E-state index in [9.17, 15) is 4.79 Å². The molecule has 27 heavy (non-hydrogen) atoms. The summed E-state index contributed by atoms with van der Waals surface area (Å²) < 4.78 is 1.15. The Balaban J connectivity index is 1.52. The molecule has 1 heterocycles. The molecule has 4 rings (SSSR count). The van der Waals surface area contributed by atoms with Gasteiger partial charge < -0.3 is 10.6 Å². The third kappa shape index (κ3) is 3.99. The minimum atomic E-state index is -0.263. The van der Waals surface area contributed by atoms with E-state index in [1.54, 1.807) is 11.3 Å². The van der Waals surface area contributed by atoms with Crippen LogP contribution in [0, 0.1) is 13.8 Å². The Hall–Kier alpha value is -3.18. The monoisotopic (exact) mass is 373 g/mol. The van der Waals surface area contributed by atoms with Crippen LogP contribution in [-0.2, 0) is 0 Å². The number of nitrogens with zero attached hydrogens (tertiary/aromatic N) is 1. The predicted molar refractivity (Wildman–Crippen MR) is 114 cm³/mol. The summed E-state index contributed by atoms with van der Waals surface area (Å²) in [4.78, 5) is 17.0. The van der Waals surface area contributed by atoms with E-state index >= 15 is 0 Å². The molecule has 1 aromatic heterocycles. The Bertz CT molecular complexity index is 1080. The molecule has 0 atom stereocenters. The quantitative estimate of drug-likeness (QED) is 0.447. The molecule has 5 heteroatoms. The van der Waals surface area contributed by atoms with Crippen LogP contribution in [0.1, 0.15) is 11.1 Å². The van der Waals surface area contributed by atoms with E-state index in [1.165, 1.54) is 0 Å². The highest BCUT2D eigenvalue weighted by Crippen LogP contribution is 2.31. The fourth-order valence-corrected chi connectivity index (χ4v) is 4.03. The SMILES string of the molecule is Cc1cc(C)cc(NC(=O)Nc2cccc(-c3nc4ccccc4s3)c2)c1. The average Bonchev–Trinajstić information content (AvgIpc) is 3.05. The second-order valence-corrected chi connectivity index (χ2v) is 7.55. The third-order valence-corrected chi connectivity index (χ3v) is 5.23. The number of fused-ring (bicyclic) bond motifs is 1. The predicted octanol–water partition coefficient (Wildman–Crippen LogP) is 6.22. The minimum Gasteiger partial charge on any atom is -0.308 e. The number of carbonyl (C=O) groups is 1. The van der Waals surface area contributed by atoms with Gasteiger partial charge in [0.05, 0.1) is 10.2 Å². The molecule has 4 nitrogen and oxygen atoms in total. The lowest BCUT2D eigenvalue weighted by Crippen LogP contribution is -2.19. The second-order valence-electron chi connectivity index (χ2n) is 6.52. The molecule has 0 aliphatic heterocycles. The van der Waals surface area contributed by atoms with Crippen molar-refractivity contribution in [3.63, 3.8) is 0 Å². The lowest BCUT2D eigenvalue weighted by atomic mass is 10.1. The van der Waals surface area contributed by atoms with E-state index < -0.39 is 0 Å². The smallest absolute Gasteiger partial charge is 0.308 e. The summed E-state index contributed by atoms with van der Waals surface area (Å²) in [5.41, 5.74) is 5.72. The van der Waals surface area contributed by atoms with E-state index in [2.05, 4.69) is 27.8 Å². The number of para-hydroxylation sites is 1. The van der Waals surface area contributed by atoms with Gasteiger partial charge in [-0.05, 0) is 61.4 Å². The fraction of sp³-hybridized carbons (Fsp3) is 0.0909. The molecule has 0 fully saturated rings. The molecule has 2 amide bonds. The van der Waals surface area contributed by atoms with Gasteiger partial charge in [-0.25, -0.2) is 9.78 Å². The van der Waals surface area contributed by atoms with Gasteiger partial charge in [0.25, 0.3) is 0 Å². The van der Waals surface area contributed by atoms with Crippen molar-refractivity contribution in [2.24, 2.45) is 0 Å². The van der Waals surface area contributed by atoms with Crippen molar-refractivity contribution in [2.75, 3.05) is 10.6 Å². The molecule has 0 aliphatic rings. The lowest BCUT2D eigenvalue weighted by molar-refractivity contribution is 0.262. The van der Waals surface area contributed by atoms with Crippen LogP contribution in [0.3, 0.4) is 0 Å². The van der Waals surface area contributed by atoms with Gasteiger partial charge in [0, 0.05) is 16.9 Å². The van der Waals surface area contributed by atoms with Gasteiger partial charge >= 0.3 is 6.03 Å². The Morgan fingerprint density at radius 1 is 0.852 bits per heavy atom. The van der Waals surface area contributed by atoms with Crippen molar-refractivity contribution < 1.29 is 4.79 Å². The highest BCUT2D eigenvalue weighted by molar-refractivity contribution is 7.21. The third-order valence-electron chi connectivity index (χ3n) is 4.14. The Morgan fingerprint density at radius 2 is 1.59 bits per heavy atom. The van der Waals surface area contributed by atoms with E-state index in [4.69, 9.17) is 0 Å². The molecule has 0 aliphatic carbocycles. The van der Waals surface area contributed by atoms with Crippen LogP contribution in [0.4, 0.5) is 16.2 Å². The van der Waals surface area contributed by atoms with Crippen LogP contribution in [0.5, 0.6) is 0 Å². The lowest BCUT2D eigenvalue weighted by Gasteiger charge is -2.10. The topological polar surface area (TPSA) is 54.0 Å². The number of urea groups is 1. The maximum absolute atomic E-state index is 12.4. The molecule has 0 unspecified atom stereocenters. The number of aryl methyl sites for hydroxylation is 2. The molecule has 134 valence electrons. The molecular weight excluding hydrogens is 354 g/mol. The summed E-state index contributed by atoms with van der Waals surface area (Å²) in [6.07, 6.45) is 0. The van der Waals surface area contributed by atoms with E-state index in [1.807, 2.05) is 68.4 Å². The maximum atomic E-state index is 12.4. The summed E-state index contributed by atoms with van der Waals surface area (Å²) >= 11 is 1.64. The Kier molecular flexibility index (Phi) is 4.60. The summed E-state index contributed by atoms with van der Waals surface area (Å²) in [6.45, 7) is 4.02. The summed E-state index contributed by atoms with van der Waals surface area (Å²) in [7, 11) is 0. The van der Waals surface area contributed by atoms with Crippen molar-refractivity contribution in [3.8, 4) is 10.6 Å². The maximum Gasteiger partial charge on any atom is 0.323 e. The summed E-state index contributed by atoms with van der Waals surface area (Å²) in [6, 6.07) is 21.5. The highest BCUT2D eigenvalue weighted by atomic mass is 32.1. The molecule has 0 saturated carbocycles. The first kappa shape index (κ1) is 17.2. The van der Waals surface area contributed by atoms with Crippen LogP contribution in [0.15, 0.2) is 66.7 Å². The van der Waals surface area contributed by atoms with E-state index in [0.29, 0.717) is 0 Å². The molecule has 0 spiro atoms. The van der Waals surface area contributed by atoms with Gasteiger partial charge in [-0.1, -0.05) is 30.3 Å². The van der Waals surface area contributed by atoms with Crippen LogP contribution in [0.25, 0.3) is 20.8 Å². The number of hydrogen-bond acceptors (Lipinski definition) is 3. The second kappa shape index (κ2) is 7.21. The van der Waals surface area contributed by atoms with Gasteiger partial charge in [0.2, 0.25) is 0 Å². The summed E-state index contributed by atoms with van der Waals surface area (Å²) in [5.74, 6) is 0. The van der Waals surface area contributed by atoms with Crippen LogP contribution < -0.4 is 10.6 Å². The number of aromatic nitrogens is 1. The number of nitrogens with one attached hydrogen (secondary N) is 2. The van der Waals surface area contributed by atoms with Crippen molar-refractivity contribution >= 4 is 39.0 Å². The number of hydrogen-bond donors (Lipinski definition) is 2. The molecule has 4 aromatic rings. The normalized spacial score (nSPS) is 10.7. The van der Waals surface area contributed by atoms with E-state index in [-0.39, 0.29) is 6.03 Å². The Labute approximate surface area is 161 Å². The van der Waals surface area contributed by atoms with Crippen molar-refractivity contribution in [2.45, 2.75) is 13.8 Å². The molecule has 0 saturated heterocycles. The van der Waals surface area contributed by atoms with Crippen molar-refractivity contribution in [1.82, 2.24) is 4.98 Å². The van der Waals surface area contributed by atoms with Crippen LogP contribution in [0.2, 0.25) is 0 Å². The van der Waals surface area contributed by atoms with Crippen molar-refractivity contribution in [3.05, 3.63) is 77.9 Å². The standard InChI is InChI=1S/C22H19N3OS/c1-14-10-15(2)12-18(11-14)24-22(26)23-17-7-5-6-16(13-17)21-25-19-8-3-4-9-20(19)27-21/h3-13H,1-2H3,(H2,23,24,26). The average molecular weight is 373 g/mol. The fourth-order valence-electron chi connectivity index (χ4n) is 3.07. The number of carbonyl (C=O) groups excluding carboxylic acids is 1. The first-order chi connectivity index (χ1) is 13.1. The number of anilines is 2. The number of thiazole rings is 1. The van der Waals surface area contributed by atoms with Gasteiger partial charge in [-0.2, -0.15) is 0 Å². The van der Waals surface area contributed by atoms with Crippen LogP contribution >= 0.6 is 11.3 Å². The zero-order chi connectivity index (χ0) is 18.8. The molecular formula is C22H19N3OS. The minimum absolute atomic E-state index is 0.263.